The number of pyridine rings is 2. The van der Waals surface area contributed by atoms with Crippen LogP contribution in [0.25, 0.3) is 10.9 Å². The van der Waals surface area contributed by atoms with E-state index in [1.165, 1.54) is 30.5 Å². The van der Waals surface area contributed by atoms with E-state index in [1.807, 2.05) is 0 Å². The van der Waals surface area contributed by atoms with Crippen LogP contribution in [0.3, 0.4) is 0 Å². The maximum Gasteiger partial charge on any atom is 0.354 e. The van der Waals surface area contributed by atoms with Crippen LogP contribution in [0.15, 0.2) is 66.9 Å². The van der Waals surface area contributed by atoms with Gasteiger partial charge in [0.05, 0.1) is 22.4 Å². The summed E-state index contributed by atoms with van der Waals surface area (Å²) in [6.45, 7) is 0. The molecule has 0 aliphatic heterocycles. The smallest absolute Gasteiger partial charge is 0.354 e. The van der Waals surface area contributed by atoms with Gasteiger partial charge in [-0.2, -0.15) is 0 Å². The lowest BCUT2D eigenvalue weighted by molar-refractivity contribution is 0.0690. The van der Waals surface area contributed by atoms with Crippen LogP contribution in [0.2, 0.25) is 5.02 Å². The highest BCUT2D eigenvalue weighted by atomic mass is 35.5. The molecular formula is C23H17ClFN3O4. The Morgan fingerprint density at radius 1 is 1.06 bits per heavy atom. The summed E-state index contributed by atoms with van der Waals surface area (Å²) in [5.41, 5.74) is 0.815. The van der Waals surface area contributed by atoms with Gasteiger partial charge in [-0.25, -0.2) is 19.2 Å². The lowest BCUT2D eigenvalue weighted by atomic mass is 10.1. The van der Waals surface area contributed by atoms with E-state index in [4.69, 9.17) is 21.4 Å². The van der Waals surface area contributed by atoms with Crippen molar-refractivity contribution in [2.45, 2.75) is 7.43 Å². The molecule has 7 nitrogen and oxygen atoms in total. The Morgan fingerprint density at radius 3 is 2.53 bits per heavy atom. The lowest BCUT2D eigenvalue weighted by Crippen LogP contribution is -2.14. The molecule has 162 valence electrons. The number of fused-ring (bicyclic) bond motifs is 1. The predicted molar refractivity (Wildman–Crippen MR) is 119 cm³/mol. The topological polar surface area (TPSA) is 101 Å². The number of amides is 1. The molecule has 0 atom stereocenters. The zero-order valence-corrected chi connectivity index (χ0v) is 16.4. The Bertz CT molecular complexity index is 1310. The van der Waals surface area contributed by atoms with Crippen molar-refractivity contribution in [1.29, 1.82) is 0 Å². The molecule has 0 spiro atoms. The first kappa shape index (κ1) is 22.6. The molecule has 2 N–H and O–H groups in total. The van der Waals surface area contributed by atoms with Crippen LogP contribution < -0.4 is 10.1 Å². The summed E-state index contributed by atoms with van der Waals surface area (Å²) in [4.78, 5) is 32.1. The van der Waals surface area contributed by atoms with Crippen molar-refractivity contribution in [3.8, 4) is 11.6 Å². The number of hydrogen-bond acceptors (Lipinski definition) is 5. The van der Waals surface area contributed by atoms with Crippen molar-refractivity contribution in [3.63, 3.8) is 0 Å². The highest BCUT2D eigenvalue weighted by Crippen LogP contribution is 2.32. The van der Waals surface area contributed by atoms with Crippen LogP contribution in [0.1, 0.15) is 28.3 Å². The maximum absolute atomic E-state index is 13.4. The molecule has 0 saturated carbocycles. The van der Waals surface area contributed by atoms with Gasteiger partial charge in [0.2, 0.25) is 5.88 Å². The van der Waals surface area contributed by atoms with E-state index in [1.54, 1.807) is 30.3 Å². The lowest BCUT2D eigenvalue weighted by Gasteiger charge is -2.13. The van der Waals surface area contributed by atoms with Crippen LogP contribution in [0.4, 0.5) is 10.1 Å². The summed E-state index contributed by atoms with van der Waals surface area (Å²) in [6, 6.07) is 15.0. The minimum Gasteiger partial charge on any atom is -0.477 e. The third-order valence-electron chi connectivity index (χ3n) is 4.27. The second-order valence-corrected chi connectivity index (χ2v) is 6.81. The van der Waals surface area contributed by atoms with Crippen molar-refractivity contribution in [1.82, 2.24) is 9.97 Å². The van der Waals surface area contributed by atoms with Gasteiger partial charge in [-0.15, -0.1) is 0 Å². The Morgan fingerprint density at radius 2 is 1.84 bits per heavy atom. The number of carbonyl (C=O) groups excluding carboxylic acids is 1. The highest BCUT2D eigenvalue weighted by Gasteiger charge is 2.18. The zero-order valence-electron chi connectivity index (χ0n) is 15.7. The summed E-state index contributed by atoms with van der Waals surface area (Å²) in [7, 11) is 0. The number of para-hydroxylation sites is 1. The molecule has 4 rings (SSSR count). The van der Waals surface area contributed by atoms with E-state index in [0.29, 0.717) is 10.9 Å². The largest absolute Gasteiger partial charge is 0.477 e. The molecule has 2 heterocycles. The van der Waals surface area contributed by atoms with Gasteiger partial charge >= 0.3 is 5.97 Å². The van der Waals surface area contributed by atoms with Crippen LogP contribution in [0.5, 0.6) is 11.6 Å². The quantitative estimate of drug-likeness (QED) is 0.396. The molecule has 0 unspecified atom stereocenters. The van der Waals surface area contributed by atoms with Crippen molar-refractivity contribution >= 4 is 40.1 Å². The van der Waals surface area contributed by atoms with Crippen molar-refractivity contribution < 1.29 is 23.8 Å². The van der Waals surface area contributed by atoms with Gasteiger partial charge in [-0.1, -0.05) is 37.2 Å². The molecule has 0 fully saturated rings. The number of aromatic nitrogens is 2. The number of carbonyl (C=O) groups is 2. The number of halogens is 2. The fourth-order valence-electron chi connectivity index (χ4n) is 2.79. The van der Waals surface area contributed by atoms with E-state index in [-0.39, 0.29) is 41.0 Å². The Hall–Kier alpha value is -4.04. The summed E-state index contributed by atoms with van der Waals surface area (Å²) in [5, 5.41) is 12.3. The molecule has 0 saturated heterocycles. The average Bonchev–Trinajstić information content (AvgIpc) is 2.75. The molecule has 2 aromatic heterocycles. The highest BCUT2D eigenvalue weighted by molar-refractivity contribution is 6.32. The maximum atomic E-state index is 13.4. The fourth-order valence-corrected chi connectivity index (χ4v) is 3.00. The second-order valence-electron chi connectivity index (χ2n) is 6.40. The first-order valence-electron chi connectivity index (χ1n) is 8.94. The van der Waals surface area contributed by atoms with Crippen LogP contribution in [0, 0.1) is 5.82 Å². The first-order valence-corrected chi connectivity index (χ1v) is 9.32. The van der Waals surface area contributed by atoms with Gasteiger partial charge in [0.15, 0.2) is 0 Å². The normalized spacial score (nSPS) is 10.3. The van der Waals surface area contributed by atoms with Crippen LogP contribution in [-0.4, -0.2) is 27.0 Å². The molecule has 4 aromatic rings. The SMILES string of the molecule is C.O=C(O)c1ccc(NC(=O)c2cc3ccccc3nc2Oc2ccc(F)cc2Cl)cn1. The van der Waals surface area contributed by atoms with Crippen molar-refractivity contribution in [2.24, 2.45) is 0 Å². The van der Waals surface area contributed by atoms with Gasteiger partial charge < -0.3 is 15.2 Å². The predicted octanol–water partition coefficient (Wildman–Crippen LogP) is 5.80. The summed E-state index contributed by atoms with van der Waals surface area (Å²) >= 11 is 6.05. The summed E-state index contributed by atoms with van der Waals surface area (Å²) in [6.07, 6.45) is 1.23. The van der Waals surface area contributed by atoms with E-state index in [0.717, 1.165) is 6.07 Å². The molecule has 9 heteroatoms. The minimum atomic E-state index is -1.18. The average molecular weight is 454 g/mol. The monoisotopic (exact) mass is 453 g/mol. The summed E-state index contributed by atoms with van der Waals surface area (Å²) in [5.74, 6) is -2.16. The minimum absolute atomic E-state index is 0. The number of carboxylic acid groups (broad SMARTS) is 1. The molecule has 2 aromatic carbocycles. The third kappa shape index (κ3) is 4.81. The Balaban J connectivity index is 0.00000289. The number of ether oxygens (including phenoxy) is 1. The molecule has 32 heavy (non-hydrogen) atoms. The van der Waals surface area contributed by atoms with Gasteiger partial charge in [-0.3, -0.25) is 4.79 Å². The molecule has 0 radical (unpaired) electrons. The van der Waals surface area contributed by atoms with Gasteiger partial charge in [0, 0.05) is 5.39 Å². The standard InChI is InChI=1S/C22H13ClFN3O4.CH4/c23-16-10-13(24)5-8-19(16)31-21-15(9-12-3-1-2-4-17(12)27-21)20(28)26-14-6-7-18(22(29)30)25-11-14;/h1-11H,(H,26,28)(H,29,30);1H4. The van der Waals surface area contributed by atoms with Gasteiger partial charge in [-0.05, 0) is 42.5 Å². The van der Waals surface area contributed by atoms with Gasteiger partial charge in [0.1, 0.15) is 22.8 Å². The molecule has 0 bridgehead atoms. The molecule has 1 amide bonds. The number of hydrogen-bond donors (Lipinski definition) is 2. The summed E-state index contributed by atoms with van der Waals surface area (Å²) < 4.78 is 19.1. The number of benzene rings is 2. The van der Waals surface area contributed by atoms with E-state index < -0.39 is 17.7 Å². The number of rotatable bonds is 5. The number of nitrogens with zero attached hydrogens (tertiary/aromatic N) is 2. The third-order valence-corrected chi connectivity index (χ3v) is 4.57. The van der Waals surface area contributed by atoms with Gasteiger partial charge in [0.25, 0.3) is 5.91 Å². The number of aromatic carboxylic acids is 1. The van der Waals surface area contributed by atoms with Crippen LogP contribution in [-0.2, 0) is 0 Å². The van der Waals surface area contributed by atoms with Crippen molar-refractivity contribution in [2.75, 3.05) is 5.32 Å². The molecule has 0 aliphatic carbocycles. The molecular weight excluding hydrogens is 437 g/mol. The number of anilines is 1. The van der Waals surface area contributed by atoms with E-state index in [9.17, 15) is 14.0 Å². The zero-order chi connectivity index (χ0) is 22.0. The number of nitrogens with one attached hydrogen (secondary N) is 1. The number of carboxylic acids is 1. The first-order chi connectivity index (χ1) is 14.9. The van der Waals surface area contributed by atoms with E-state index >= 15 is 0 Å². The molecule has 0 aliphatic rings. The Kier molecular flexibility index (Phi) is 6.65. The van der Waals surface area contributed by atoms with Crippen LogP contribution >= 0.6 is 11.6 Å². The fraction of sp³-hybridized carbons (Fsp3) is 0.0435. The second kappa shape index (κ2) is 9.40. The Labute approximate surface area is 187 Å². The van der Waals surface area contributed by atoms with Crippen molar-refractivity contribution in [3.05, 3.63) is 89.0 Å². The van der Waals surface area contributed by atoms with E-state index in [2.05, 4.69) is 15.3 Å².